The van der Waals surface area contributed by atoms with Crippen LogP contribution in [0.1, 0.15) is 56.3 Å². The highest BCUT2D eigenvalue weighted by atomic mass is 32.2. The Kier molecular flexibility index (Phi) is 13.5. The molecular formula is C25H32F6N2O8S2. The zero-order chi connectivity index (χ0) is 32.3. The van der Waals surface area contributed by atoms with Crippen LogP contribution in [0.5, 0.6) is 11.5 Å². The monoisotopic (exact) mass is 666 g/mol. The summed E-state index contributed by atoms with van der Waals surface area (Å²) < 4.78 is 147. The molecular weight excluding hydrogens is 634 g/mol. The molecule has 2 aromatic rings. The molecule has 0 aliphatic heterocycles. The fourth-order valence-corrected chi connectivity index (χ4v) is 5.08. The Morgan fingerprint density at radius 2 is 0.953 bits per heavy atom. The van der Waals surface area contributed by atoms with Gasteiger partial charge in [0.1, 0.15) is 11.5 Å². The van der Waals surface area contributed by atoms with Crippen molar-refractivity contribution in [3.05, 3.63) is 59.7 Å². The first-order valence-electron chi connectivity index (χ1n) is 12.9. The number of halogens is 6. The Labute approximate surface area is 245 Å². The topological polar surface area (TPSA) is 129 Å². The van der Waals surface area contributed by atoms with Crippen molar-refractivity contribution in [3.63, 3.8) is 0 Å². The maximum absolute atomic E-state index is 13.4. The molecule has 0 aliphatic carbocycles. The van der Waals surface area contributed by atoms with Crippen LogP contribution in [-0.4, -0.2) is 53.9 Å². The van der Waals surface area contributed by atoms with E-state index in [-0.39, 0.29) is 48.7 Å². The zero-order valence-electron chi connectivity index (χ0n) is 23.1. The molecule has 0 saturated heterocycles. The SMILES string of the molecule is CCCS(=O)(=O)ONC(c1ccc(OCCCOc2ccc(C(NOS(=O)(=O)CCC)C(F)(F)F)cc2)cc1)C(F)(F)F. The average molecular weight is 667 g/mol. The van der Waals surface area contributed by atoms with Crippen LogP contribution in [0.4, 0.5) is 26.3 Å². The molecule has 2 atom stereocenters. The first-order valence-corrected chi connectivity index (χ1v) is 16.0. The third-order valence-corrected chi connectivity index (χ3v) is 7.92. The van der Waals surface area contributed by atoms with Crippen LogP contribution in [0.25, 0.3) is 0 Å². The Bertz CT molecular complexity index is 1230. The molecule has 0 aromatic heterocycles. The molecule has 0 amide bonds. The van der Waals surface area contributed by atoms with Gasteiger partial charge in [0.15, 0.2) is 12.1 Å². The summed E-state index contributed by atoms with van der Waals surface area (Å²) in [6, 6.07) is 4.63. The first kappa shape index (κ1) is 36.6. The van der Waals surface area contributed by atoms with Crippen molar-refractivity contribution in [1.82, 2.24) is 11.0 Å². The summed E-state index contributed by atoms with van der Waals surface area (Å²) in [5, 5.41) is 0. The number of hydrogen-bond acceptors (Lipinski definition) is 10. The summed E-state index contributed by atoms with van der Waals surface area (Å²) in [5.41, 5.74) is 2.52. The molecule has 2 N–H and O–H groups in total. The second-order valence-corrected chi connectivity index (χ2v) is 12.4. The highest BCUT2D eigenvalue weighted by Gasteiger charge is 2.43. The lowest BCUT2D eigenvalue weighted by atomic mass is 10.1. The molecule has 0 saturated carbocycles. The largest absolute Gasteiger partial charge is 0.493 e. The lowest BCUT2D eigenvalue weighted by Crippen LogP contribution is -2.36. The summed E-state index contributed by atoms with van der Waals surface area (Å²) >= 11 is 0. The van der Waals surface area contributed by atoms with Gasteiger partial charge in [-0.2, -0.15) is 62.7 Å². The van der Waals surface area contributed by atoms with E-state index in [0.29, 0.717) is 6.42 Å². The standard InChI is InChI=1S/C25H32F6N2O8S2/c1-3-16-42(34,35)40-32-22(24(26,27)28)18-6-10-20(11-7-18)38-14-5-15-39-21-12-8-19(9-13-21)23(25(29,30)31)33-41-43(36,37)17-4-2/h6-13,22-23,32-33H,3-5,14-17H2,1-2H3. The lowest BCUT2D eigenvalue weighted by molar-refractivity contribution is -0.175. The minimum Gasteiger partial charge on any atom is -0.493 e. The van der Waals surface area contributed by atoms with Crippen LogP contribution in [0.15, 0.2) is 48.5 Å². The number of alkyl halides is 6. The van der Waals surface area contributed by atoms with Crippen LogP contribution in [0.3, 0.4) is 0 Å². The second kappa shape index (κ2) is 15.9. The van der Waals surface area contributed by atoms with Gasteiger partial charge in [-0.1, -0.05) is 38.1 Å². The maximum Gasteiger partial charge on any atom is 0.410 e. The Morgan fingerprint density at radius 1 is 0.628 bits per heavy atom. The number of hydroxylamine groups is 2. The van der Waals surface area contributed by atoms with Crippen molar-refractivity contribution in [3.8, 4) is 11.5 Å². The molecule has 244 valence electrons. The van der Waals surface area contributed by atoms with Crippen LogP contribution < -0.4 is 20.4 Å². The van der Waals surface area contributed by atoms with Crippen molar-refractivity contribution < 1.29 is 61.2 Å². The van der Waals surface area contributed by atoms with Crippen molar-refractivity contribution in [2.75, 3.05) is 24.7 Å². The summed E-state index contributed by atoms with van der Waals surface area (Å²) in [4.78, 5) is 0. The molecule has 0 spiro atoms. The molecule has 0 bridgehead atoms. The van der Waals surface area contributed by atoms with Gasteiger partial charge >= 0.3 is 12.4 Å². The fraction of sp³-hybridized carbons (Fsp3) is 0.520. The van der Waals surface area contributed by atoms with E-state index in [9.17, 15) is 43.2 Å². The maximum atomic E-state index is 13.4. The Hall–Kier alpha value is -2.64. The molecule has 2 unspecified atom stereocenters. The van der Waals surface area contributed by atoms with Gasteiger partial charge in [-0.05, 0) is 48.2 Å². The minimum atomic E-state index is -4.85. The number of ether oxygens (including phenoxy) is 2. The number of nitrogens with one attached hydrogen (secondary N) is 2. The Balaban J connectivity index is 1.87. The van der Waals surface area contributed by atoms with Crippen molar-refractivity contribution in [2.45, 2.75) is 57.5 Å². The van der Waals surface area contributed by atoms with Gasteiger partial charge in [0.05, 0.1) is 24.7 Å². The molecule has 0 fully saturated rings. The van der Waals surface area contributed by atoms with Gasteiger partial charge in [0, 0.05) is 6.42 Å². The van der Waals surface area contributed by atoms with Crippen LogP contribution in [0, 0.1) is 0 Å². The molecule has 10 nitrogen and oxygen atoms in total. The van der Waals surface area contributed by atoms with Gasteiger partial charge in [0.25, 0.3) is 20.2 Å². The molecule has 0 heterocycles. The van der Waals surface area contributed by atoms with Crippen molar-refractivity contribution >= 4 is 20.2 Å². The number of hydrogen-bond donors (Lipinski definition) is 2. The van der Waals surface area contributed by atoms with Crippen LogP contribution in [-0.2, 0) is 28.8 Å². The summed E-state index contributed by atoms with van der Waals surface area (Å²) in [5.74, 6) is -0.457. The van der Waals surface area contributed by atoms with Gasteiger partial charge in [-0.15, -0.1) is 0 Å². The molecule has 2 rings (SSSR count). The average Bonchev–Trinajstić information content (AvgIpc) is 2.88. The molecule has 0 aliphatic rings. The van der Waals surface area contributed by atoms with Gasteiger partial charge in [-0.3, -0.25) is 0 Å². The first-order chi connectivity index (χ1) is 20.0. The molecule has 18 heteroatoms. The van der Waals surface area contributed by atoms with E-state index in [1.54, 1.807) is 11.0 Å². The highest BCUT2D eigenvalue weighted by molar-refractivity contribution is 7.86. The summed E-state index contributed by atoms with van der Waals surface area (Å²) in [6.07, 6.45) is -9.08. The fourth-order valence-electron chi connectivity index (χ4n) is 3.43. The van der Waals surface area contributed by atoms with E-state index in [1.807, 2.05) is 0 Å². The van der Waals surface area contributed by atoms with E-state index < -0.39 is 56.2 Å². The van der Waals surface area contributed by atoms with Crippen molar-refractivity contribution in [2.24, 2.45) is 0 Å². The predicted octanol–water partition coefficient (Wildman–Crippen LogP) is 5.26. The van der Waals surface area contributed by atoms with E-state index in [1.165, 1.54) is 38.1 Å². The Morgan fingerprint density at radius 3 is 1.23 bits per heavy atom. The summed E-state index contributed by atoms with van der Waals surface area (Å²) in [6.45, 7) is 3.23. The smallest absolute Gasteiger partial charge is 0.410 e. The third-order valence-electron chi connectivity index (χ3n) is 5.40. The lowest BCUT2D eigenvalue weighted by Gasteiger charge is -2.21. The number of rotatable bonds is 18. The third kappa shape index (κ3) is 12.9. The van der Waals surface area contributed by atoms with E-state index in [0.717, 1.165) is 24.3 Å². The van der Waals surface area contributed by atoms with Crippen molar-refractivity contribution in [1.29, 1.82) is 0 Å². The van der Waals surface area contributed by atoms with Crippen LogP contribution >= 0.6 is 0 Å². The molecule has 43 heavy (non-hydrogen) atoms. The second-order valence-electron chi connectivity index (χ2n) is 9.06. The summed E-state index contributed by atoms with van der Waals surface area (Å²) in [7, 11) is -8.37. The van der Waals surface area contributed by atoms with E-state index in [2.05, 4.69) is 8.57 Å². The van der Waals surface area contributed by atoms with Gasteiger partial charge < -0.3 is 9.47 Å². The minimum absolute atomic E-state index is 0.0837. The van der Waals surface area contributed by atoms with E-state index >= 15 is 0 Å². The molecule has 2 aromatic carbocycles. The van der Waals surface area contributed by atoms with Crippen LogP contribution in [0.2, 0.25) is 0 Å². The van der Waals surface area contributed by atoms with E-state index in [4.69, 9.17) is 9.47 Å². The molecule has 0 radical (unpaired) electrons. The number of benzene rings is 2. The zero-order valence-corrected chi connectivity index (χ0v) is 24.7. The quantitative estimate of drug-likeness (QED) is 0.123. The highest BCUT2D eigenvalue weighted by Crippen LogP contribution is 2.35. The predicted molar refractivity (Wildman–Crippen MR) is 143 cm³/mol. The van der Waals surface area contributed by atoms with Gasteiger partial charge in [-0.25, -0.2) is 0 Å². The normalized spacial score (nSPS) is 14.3. The van der Waals surface area contributed by atoms with Gasteiger partial charge in [0.2, 0.25) is 0 Å².